The van der Waals surface area contributed by atoms with E-state index in [-0.39, 0.29) is 0 Å². The second-order valence-electron chi connectivity index (χ2n) is 4.87. The summed E-state index contributed by atoms with van der Waals surface area (Å²) in [7, 11) is 0. The molecular weight excluding hydrogens is 284 g/mol. The zero-order valence-corrected chi connectivity index (χ0v) is 12.3. The third-order valence-corrected chi connectivity index (χ3v) is 4.54. The zero-order valence-electron chi connectivity index (χ0n) is 11.5. The van der Waals surface area contributed by atoms with E-state index in [1.807, 2.05) is 30.3 Å². The molecule has 0 radical (unpaired) electrons. The molecule has 2 N–H and O–H groups in total. The van der Waals surface area contributed by atoms with Crippen LogP contribution in [0.5, 0.6) is 0 Å². The molecule has 0 saturated heterocycles. The van der Waals surface area contributed by atoms with Gasteiger partial charge in [0.05, 0.1) is 0 Å². The summed E-state index contributed by atoms with van der Waals surface area (Å²) in [4.78, 5) is 16.1. The van der Waals surface area contributed by atoms with E-state index in [4.69, 9.17) is 0 Å². The number of carboxylic acids is 1. The molecule has 0 atom stereocenters. The van der Waals surface area contributed by atoms with Gasteiger partial charge in [0.2, 0.25) is 0 Å². The second kappa shape index (κ2) is 5.18. The third kappa shape index (κ3) is 2.48. The van der Waals surface area contributed by atoms with Crippen LogP contribution in [0.2, 0.25) is 0 Å². The topological polar surface area (TPSA) is 61.7 Å². The number of aliphatic imine (C=N–C) groups is 1. The molecule has 0 amide bonds. The van der Waals surface area contributed by atoms with E-state index in [2.05, 4.69) is 16.9 Å². The number of nitrogens with one attached hydrogen (secondary N) is 1. The molecule has 0 unspecified atom stereocenters. The van der Waals surface area contributed by atoms with Gasteiger partial charge >= 0.3 is 5.97 Å². The SMILES string of the molecule is C=C1NC(Cc2ccccc2)=Nc2sc(C(=O)O)c(C)c21. The molecule has 0 aliphatic carbocycles. The number of amidine groups is 1. The van der Waals surface area contributed by atoms with Crippen molar-refractivity contribution >= 4 is 33.8 Å². The number of nitrogens with zero attached hydrogens (tertiary/aromatic N) is 1. The first kappa shape index (κ1) is 13.6. The molecule has 1 aliphatic rings. The standard InChI is InChI=1S/C16H14N2O2S/c1-9-13-10(2)17-12(8-11-6-4-3-5-7-11)18-15(13)21-14(9)16(19)20/h3-7H,2,8H2,1H3,(H,17,18)(H,19,20). The number of rotatable bonds is 3. The fourth-order valence-corrected chi connectivity index (χ4v) is 3.47. The molecule has 0 bridgehead atoms. The molecule has 1 aromatic carbocycles. The fraction of sp³-hybridized carbons (Fsp3) is 0.125. The summed E-state index contributed by atoms with van der Waals surface area (Å²) in [5.41, 5.74) is 3.40. The van der Waals surface area contributed by atoms with Gasteiger partial charge in [0.1, 0.15) is 15.7 Å². The van der Waals surface area contributed by atoms with E-state index >= 15 is 0 Å². The first-order chi connectivity index (χ1) is 10.1. The molecule has 2 aromatic rings. The molecule has 0 spiro atoms. The second-order valence-corrected chi connectivity index (χ2v) is 5.86. The maximum absolute atomic E-state index is 11.2. The smallest absolute Gasteiger partial charge is 0.346 e. The maximum Gasteiger partial charge on any atom is 0.346 e. The van der Waals surface area contributed by atoms with Gasteiger partial charge in [-0.2, -0.15) is 0 Å². The van der Waals surface area contributed by atoms with Crippen LogP contribution in [0.3, 0.4) is 0 Å². The van der Waals surface area contributed by atoms with Crippen molar-refractivity contribution in [3.05, 3.63) is 58.5 Å². The molecule has 1 aromatic heterocycles. The highest BCUT2D eigenvalue weighted by atomic mass is 32.1. The van der Waals surface area contributed by atoms with Crippen LogP contribution in [-0.2, 0) is 6.42 Å². The largest absolute Gasteiger partial charge is 0.477 e. The molecule has 0 saturated carbocycles. The number of aromatic carboxylic acids is 1. The molecule has 2 heterocycles. The summed E-state index contributed by atoms with van der Waals surface area (Å²) in [6.07, 6.45) is 0.665. The average molecular weight is 298 g/mol. The summed E-state index contributed by atoms with van der Waals surface area (Å²) in [5, 5.41) is 13.1. The van der Waals surface area contributed by atoms with E-state index in [1.165, 1.54) is 11.3 Å². The number of carbonyl (C=O) groups is 1. The van der Waals surface area contributed by atoms with Gasteiger partial charge in [-0.3, -0.25) is 0 Å². The van der Waals surface area contributed by atoms with Crippen molar-refractivity contribution in [3.8, 4) is 0 Å². The molecule has 4 nitrogen and oxygen atoms in total. The molecule has 106 valence electrons. The van der Waals surface area contributed by atoms with E-state index in [1.54, 1.807) is 6.92 Å². The predicted octanol–water partition coefficient (Wildman–Crippen LogP) is 3.60. The molecule has 5 heteroatoms. The van der Waals surface area contributed by atoms with Gasteiger partial charge in [-0.1, -0.05) is 36.9 Å². The van der Waals surface area contributed by atoms with Crippen molar-refractivity contribution in [2.75, 3.05) is 0 Å². The Kier molecular flexibility index (Phi) is 3.35. The lowest BCUT2D eigenvalue weighted by Gasteiger charge is -2.18. The predicted molar refractivity (Wildman–Crippen MR) is 85.4 cm³/mol. The molecular formula is C16H14N2O2S. The summed E-state index contributed by atoms with van der Waals surface area (Å²) in [5.74, 6) is -0.128. The Labute approximate surface area is 126 Å². The monoisotopic (exact) mass is 298 g/mol. The van der Waals surface area contributed by atoms with Crippen LogP contribution in [0.4, 0.5) is 5.00 Å². The fourth-order valence-electron chi connectivity index (χ4n) is 2.40. The molecule has 0 fully saturated rings. The lowest BCUT2D eigenvalue weighted by atomic mass is 10.1. The van der Waals surface area contributed by atoms with Crippen LogP contribution in [0.25, 0.3) is 5.70 Å². The first-order valence-electron chi connectivity index (χ1n) is 6.50. The van der Waals surface area contributed by atoms with E-state index in [0.29, 0.717) is 17.0 Å². The summed E-state index contributed by atoms with van der Waals surface area (Å²) >= 11 is 1.20. The van der Waals surface area contributed by atoms with Crippen molar-refractivity contribution < 1.29 is 9.90 Å². The molecule has 21 heavy (non-hydrogen) atoms. The van der Waals surface area contributed by atoms with Crippen molar-refractivity contribution in [1.29, 1.82) is 0 Å². The van der Waals surface area contributed by atoms with Gasteiger partial charge in [-0.15, -0.1) is 11.3 Å². The van der Waals surface area contributed by atoms with Gasteiger partial charge in [0, 0.05) is 17.7 Å². The van der Waals surface area contributed by atoms with Gasteiger partial charge in [-0.05, 0) is 18.1 Å². The number of hydrogen-bond donors (Lipinski definition) is 2. The Bertz CT molecular complexity index is 760. The number of carboxylic acid groups (broad SMARTS) is 1. The number of benzene rings is 1. The third-order valence-electron chi connectivity index (χ3n) is 3.37. The molecule has 1 aliphatic heterocycles. The Morgan fingerprint density at radius 1 is 1.38 bits per heavy atom. The number of fused-ring (bicyclic) bond motifs is 1. The van der Waals surface area contributed by atoms with Crippen molar-refractivity contribution in [2.24, 2.45) is 4.99 Å². The quantitative estimate of drug-likeness (QED) is 0.910. The summed E-state index contributed by atoms with van der Waals surface area (Å²) in [6.45, 7) is 5.80. The summed E-state index contributed by atoms with van der Waals surface area (Å²) in [6, 6.07) is 10.0. The summed E-state index contributed by atoms with van der Waals surface area (Å²) < 4.78 is 0. The van der Waals surface area contributed by atoms with E-state index in [9.17, 15) is 9.90 Å². The van der Waals surface area contributed by atoms with Crippen molar-refractivity contribution in [1.82, 2.24) is 5.32 Å². The van der Waals surface area contributed by atoms with Gasteiger partial charge in [0.15, 0.2) is 0 Å². The van der Waals surface area contributed by atoms with Crippen LogP contribution >= 0.6 is 11.3 Å². The highest BCUT2D eigenvalue weighted by molar-refractivity contribution is 7.18. The maximum atomic E-state index is 11.2. The minimum absolute atomic E-state index is 0.327. The van der Waals surface area contributed by atoms with Crippen LogP contribution < -0.4 is 5.32 Å². The van der Waals surface area contributed by atoms with Crippen molar-refractivity contribution in [2.45, 2.75) is 13.3 Å². The van der Waals surface area contributed by atoms with E-state index < -0.39 is 5.97 Å². The number of thiophene rings is 1. The van der Waals surface area contributed by atoms with E-state index in [0.717, 1.165) is 27.5 Å². The lowest BCUT2D eigenvalue weighted by molar-refractivity contribution is 0.0701. The average Bonchev–Trinajstić information content (AvgIpc) is 2.77. The van der Waals surface area contributed by atoms with Gasteiger partial charge in [-0.25, -0.2) is 9.79 Å². The van der Waals surface area contributed by atoms with Crippen molar-refractivity contribution in [3.63, 3.8) is 0 Å². The minimum atomic E-state index is -0.917. The lowest BCUT2D eigenvalue weighted by Crippen LogP contribution is -2.26. The van der Waals surface area contributed by atoms with Gasteiger partial charge < -0.3 is 10.4 Å². The highest BCUT2D eigenvalue weighted by Crippen LogP contribution is 2.40. The first-order valence-corrected chi connectivity index (χ1v) is 7.32. The minimum Gasteiger partial charge on any atom is -0.477 e. The van der Waals surface area contributed by atoms with Crippen LogP contribution in [-0.4, -0.2) is 16.9 Å². The van der Waals surface area contributed by atoms with Gasteiger partial charge in [0.25, 0.3) is 0 Å². The van der Waals surface area contributed by atoms with Crippen LogP contribution in [0.15, 0.2) is 41.9 Å². The van der Waals surface area contributed by atoms with Crippen LogP contribution in [0.1, 0.15) is 26.4 Å². The Hall–Kier alpha value is -2.40. The highest BCUT2D eigenvalue weighted by Gasteiger charge is 2.24. The molecule has 3 rings (SSSR count). The zero-order chi connectivity index (χ0) is 15.0. The normalized spacial score (nSPS) is 13.4. The van der Waals surface area contributed by atoms with Crippen LogP contribution in [0, 0.1) is 6.92 Å². The Balaban J connectivity index is 1.98. The number of hydrogen-bond acceptors (Lipinski definition) is 4. The Morgan fingerprint density at radius 2 is 2.10 bits per heavy atom. The Morgan fingerprint density at radius 3 is 2.76 bits per heavy atom.